The fraction of sp³-hybridized carbons (Fsp3) is 0.607. The Hall–Kier alpha value is -4.25. The van der Waals surface area contributed by atoms with Crippen LogP contribution < -0.4 is 21.3 Å². The van der Waals surface area contributed by atoms with Gasteiger partial charge in [-0.3, -0.25) is 14.2 Å². The first-order valence-electron chi connectivity index (χ1n) is 14.3. The van der Waals surface area contributed by atoms with E-state index < -0.39 is 18.0 Å². The molecule has 0 spiro atoms. The number of piperidine rings is 1. The van der Waals surface area contributed by atoms with Crippen molar-refractivity contribution in [2.45, 2.75) is 64.0 Å². The first kappa shape index (κ1) is 32.3. The molecule has 1 aliphatic rings. The van der Waals surface area contributed by atoms with E-state index in [1.807, 2.05) is 18.0 Å². The van der Waals surface area contributed by atoms with Gasteiger partial charge in [0.1, 0.15) is 24.6 Å². The molecule has 42 heavy (non-hydrogen) atoms. The standard InChI is InChI=1S/C28H41N9O5/c1-19-10-15-36(24(39)9-13-30)17-22(19)35(2)25-20-11-16-37(26(20)33-18-32-25)28(41)31-14-6-8-23(38)34-21(27(40)42-3)7-4-5-12-29/h11,16,18-19,21-22H,4-10,12,14-15,17,29H2,1-3H3,(H,31,41)(H,34,38)/t19-,21+,22?/m1/s1. The molecule has 3 heterocycles. The van der Waals surface area contributed by atoms with Gasteiger partial charge in [0.15, 0.2) is 5.65 Å². The van der Waals surface area contributed by atoms with Crippen LogP contribution in [0.25, 0.3) is 11.0 Å². The van der Waals surface area contributed by atoms with Crippen LogP contribution in [0, 0.1) is 17.2 Å². The van der Waals surface area contributed by atoms with Gasteiger partial charge in [-0.1, -0.05) is 6.92 Å². The fourth-order valence-electron chi connectivity index (χ4n) is 5.18. The average molecular weight is 584 g/mol. The van der Waals surface area contributed by atoms with E-state index in [4.69, 9.17) is 15.7 Å². The van der Waals surface area contributed by atoms with Crippen LogP contribution in [-0.2, 0) is 19.1 Å². The third kappa shape index (κ3) is 8.16. The number of anilines is 1. The predicted molar refractivity (Wildman–Crippen MR) is 155 cm³/mol. The highest BCUT2D eigenvalue weighted by Crippen LogP contribution is 2.29. The predicted octanol–water partition coefficient (Wildman–Crippen LogP) is 1.14. The van der Waals surface area contributed by atoms with Gasteiger partial charge in [-0.25, -0.2) is 19.6 Å². The Labute approximate surface area is 245 Å². The molecule has 0 aliphatic carbocycles. The van der Waals surface area contributed by atoms with Gasteiger partial charge < -0.3 is 30.9 Å². The number of amides is 3. The number of nitrogens with zero attached hydrogens (tertiary/aromatic N) is 6. The Balaban J connectivity index is 1.59. The van der Waals surface area contributed by atoms with E-state index in [1.54, 1.807) is 17.2 Å². The van der Waals surface area contributed by atoms with Gasteiger partial charge in [0.25, 0.3) is 0 Å². The lowest BCUT2D eigenvalue weighted by Gasteiger charge is -2.42. The number of nitrogens with two attached hydrogens (primary N) is 1. The number of methoxy groups -OCH3 is 1. The zero-order chi connectivity index (χ0) is 30.6. The van der Waals surface area contributed by atoms with Gasteiger partial charge in [0.2, 0.25) is 11.8 Å². The summed E-state index contributed by atoms with van der Waals surface area (Å²) in [5, 5.41) is 15.1. The second-order valence-electron chi connectivity index (χ2n) is 10.5. The molecule has 3 amide bonds. The van der Waals surface area contributed by atoms with Crippen LogP contribution in [-0.4, -0.2) is 95.7 Å². The maximum absolute atomic E-state index is 13.0. The molecule has 3 atom stereocenters. The van der Waals surface area contributed by atoms with Gasteiger partial charge in [-0.05, 0) is 50.6 Å². The van der Waals surface area contributed by atoms with Gasteiger partial charge in [0.05, 0.1) is 24.6 Å². The van der Waals surface area contributed by atoms with E-state index >= 15 is 0 Å². The topological polar surface area (TPSA) is 189 Å². The third-order valence-corrected chi connectivity index (χ3v) is 7.64. The number of nitriles is 1. The summed E-state index contributed by atoms with van der Waals surface area (Å²) in [6.45, 7) is 3.97. The second kappa shape index (κ2) is 15.7. The van der Waals surface area contributed by atoms with Crippen LogP contribution in [0.3, 0.4) is 0 Å². The van der Waals surface area contributed by atoms with E-state index in [1.165, 1.54) is 18.0 Å². The molecule has 14 nitrogen and oxygen atoms in total. The Bertz CT molecular complexity index is 1290. The molecule has 1 unspecified atom stereocenters. The minimum atomic E-state index is -0.723. The zero-order valence-electron chi connectivity index (χ0n) is 24.5. The normalized spacial score (nSPS) is 17.3. The molecule has 4 N–H and O–H groups in total. The van der Waals surface area contributed by atoms with Crippen LogP contribution in [0.5, 0.6) is 0 Å². The quantitative estimate of drug-likeness (QED) is 0.228. The van der Waals surface area contributed by atoms with Crippen molar-refractivity contribution >= 4 is 40.7 Å². The van der Waals surface area contributed by atoms with Crippen LogP contribution in [0.1, 0.15) is 51.9 Å². The van der Waals surface area contributed by atoms with Crippen molar-refractivity contribution in [3.63, 3.8) is 0 Å². The van der Waals surface area contributed by atoms with Crippen molar-refractivity contribution in [3.05, 3.63) is 18.6 Å². The van der Waals surface area contributed by atoms with Gasteiger partial charge >= 0.3 is 12.0 Å². The van der Waals surface area contributed by atoms with E-state index in [-0.39, 0.29) is 43.2 Å². The third-order valence-electron chi connectivity index (χ3n) is 7.64. The molecule has 2 aromatic heterocycles. The van der Waals surface area contributed by atoms with Crippen molar-refractivity contribution in [3.8, 4) is 6.07 Å². The number of likely N-dealkylation sites (N-methyl/N-ethyl adjacent to an activating group) is 1. The molecule has 0 aromatic carbocycles. The highest BCUT2D eigenvalue weighted by molar-refractivity contribution is 5.95. The number of esters is 1. The van der Waals surface area contributed by atoms with Crippen LogP contribution in [0.4, 0.5) is 10.6 Å². The van der Waals surface area contributed by atoms with Crippen molar-refractivity contribution in [2.24, 2.45) is 11.7 Å². The number of nitrogens with one attached hydrogen (secondary N) is 2. The second-order valence-corrected chi connectivity index (χ2v) is 10.5. The number of unbranched alkanes of at least 4 members (excludes halogenated alkanes) is 1. The van der Waals surface area contributed by atoms with E-state index in [0.29, 0.717) is 55.7 Å². The average Bonchev–Trinajstić information content (AvgIpc) is 3.43. The summed E-state index contributed by atoms with van der Waals surface area (Å²) in [5.41, 5.74) is 5.94. The molecule has 14 heteroatoms. The summed E-state index contributed by atoms with van der Waals surface area (Å²) >= 11 is 0. The minimum absolute atomic E-state index is 0.0257. The number of fused-ring (bicyclic) bond motifs is 1. The first-order chi connectivity index (χ1) is 20.2. The van der Waals surface area contributed by atoms with E-state index in [9.17, 15) is 19.2 Å². The Morgan fingerprint density at radius 1 is 1.26 bits per heavy atom. The van der Waals surface area contributed by atoms with Crippen LogP contribution in [0.15, 0.2) is 18.6 Å². The van der Waals surface area contributed by atoms with Gasteiger partial charge in [-0.2, -0.15) is 5.26 Å². The van der Waals surface area contributed by atoms with E-state index in [0.717, 1.165) is 12.8 Å². The summed E-state index contributed by atoms with van der Waals surface area (Å²) in [6.07, 6.45) is 6.07. The number of rotatable bonds is 13. The lowest BCUT2D eigenvalue weighted by Crippen LogP contribution is -2.52. The maximum Gasteiger partial charge on any atom is 0.328 e. The monoisotopic (exact) mass is 583 g/mol. The molecular weight excluding hydrogens is 542 g/mol. The highest BCUT2D eigenvalue weighted by Gasteiger charge is 2.33. The summed E-state index contributed by atoms with van der Waals surface area (Å²) in [5.74, 6) is -0.0578. The van der Waals surface area contributed by atoms with Crippen molar-refractivity contribution in [2.75, 3.05) is 45.2 Å². The molecule has 0 radical (unpaired) electrons. The number of carbonyl (C=O) groups excluding carboxylic acids is 4. The largest absolute Gasteiger partial charge is 0.467 e. The molecule has 1 saturated heterocycles. The van der Waals surface area contributed by atoms with Crippen molar-refractivity contribution in [1.29, 1.82) is 5.26 Å². The lowest BCUT2D eigenvalue weighted by atomic mass is 9.92. The Morgan fingerprint density at radius 2 is 2.05 bits per heavy atom. The SMILES string of the molecule is COC(=O)[C@H](CCCCN)NC(=O)CCCNC(=O)n1ccc2c(N(C)C3CN(C(=O)CC#N)CC[C@H]3C)ncnc21. The number of ether oxygens (including phenoxy) is 1. The van der Waals surface area contributed by atoms with Crippen molar-refractivity contribution < 1.29 is 23.9 Å². The molecule has 0 saturated carbocycles. The molecular formula is C28H41N9O5. The molecule has 228 valence electrons. The zero-order valence-corrected chi connectivity index (χ0v) is 24.5. The molecule has 1 aliphatic heterocycles. The number of hydrogen-bond donors (Lipinski definition) is 3. The first-order valence-corrected chi connectivity index (χ1v) is 14.3. The van der Waals surface area contributed by atoms with Gasteiger partial charge in [-0.15, -0.1) is 0 Å². The molecule has 3 rings (SSSR count). The molecule has 0 bridgehead atoms. The fourth-order valence-corrected chi connectivity index (χ4v) is 5.18. The van der Waals surface area contributed by atoms with Crippen LogP contribution in [0.2, 0.25) is 0 Å². The molecule has 1 fully saturated rings. The number of likely N-dealkylation sites (tertiary alicyclic amines) is 1. The van der Waals surface area contributed by atoms with Gasteiger partial charge in [0, 0.05) is 39.3 Å². The number of hydrogen-bond acceptors (Lipinski definition) is 10. The molecule has 2 aromatic rings. The smallest absolute Gasteiger partial charge is 0.328 e. The Kier molecular flexibility index (Phi) is 12.0. The van der Waals surface area contributed by atoms with Crippen LogP contribution >= 0.6 is 0 Å². The summed E-state index contributed by atoms with van der Waals surface area (Å²) in [7, 11) is 3.19. The Morgan fingerprint density at radius 3 is 2.76 bits per heavy atom. The summed E-state index contributed by atoms with van der Waals surface area (Å²) < 4.78 is 6.17. The number of carbonyl (C=O) groups is 4. The number of aromatic nitrogens is 3. The summed E-state index contributed by atoms with van der Waals surface area (Å²) in [4.78, 5) is 62.2. The van der Waals surface area contributed by atoms with E-state index in [2.05, 4.69) is 27.5 Å². The lowest BCUT2D eigenvalue weighted by molar-refractivity contribution is -0.145. The van der Waals surface area contributed by atoms with Crippen molar-refractivity contribution in [1.82, 2.24) is 30.1 Å². The maximum atomic E-state index is 13.0. The highest BCUT2D eigenvalue weighted by atomic mass is 16.5. The summed E-state index contributed by atoms with van der Waals surface area (Å²) in [6, 6.07) is 2.56. The minimum Gasteiger partial charge on any atom is -0.467 e.